The predicted molar refractivity (Wildman–Crippen MR) is 83.1 cm³/mol. The fourth-order valence-corrected chi connectivity index (χ4v) is 2.50. The van der Waals surface area contributed by atoms with Crippen molar-refractivity contribution in [1.29, 1.82) is 0 Å². The number of carbonyl (C=O) groups is 3. The van der Waals surface area contributed by atoms with Gasteiger partial charge in [0.2, 0.25) is 11.8 Å². The molecule has 1 aliphatic rings. The lowest BCUT2D eigenvalue weighted by molar-refractivity contribution is -0.144. The van der Waals surface area contributed by atoms with E-state index in [1.807, 2.05) is 18.7 Å². The first-order valence-corrected chi connectivity index (χ1v) is 8.15. The highest BCUT2D eigenvalue weighted by Gasteiger charge is 2.24. The maximum absolute atomic E-state index is 12.0. The van der Waals surface area contributed by atoms with Gasteiger partial charge in [0.05, 0.1) is 13.0 Å². The average Bonchev–Trinajstić information content (AvgIpc) is 2.45. The summed E-state index contributed by atoms with van der Waals surface area (Å²) in [5.74, 6) is 0.0988. The van der Waals surface area contributed by atoms with E-state index < -0.39 is 0 Å². The Labute approximate surface area is 132 Å². The number of hydrogen-bond acceptors (Lipinski definition) is 4. The number of amides is 2. The Morgan fingerprint density at radius 3 is 2.36 bits per heavy atom. The smallest absolute Gasteiger partial charge is 0.306 e. The zero-order valence-corrected chi connectivity index (χ0v) is 13.9. The fraction of sp³-hybridized carbons (Fsp3) is 0.812. The SMILES string of the molecule is CCOC(=O)CCC(=O)NC1CCN(C(=O)CC(C)C)CC1. The van der Waals surface area contributed by atoms with Crippen LogP contribution in [0.15, 0.2) is 0 Å². The molecule has 22 heavy (non-hydrogen) atoms. The average molecular weight is 312 g/mol. The normalized spacial score (nSPS) is 15.7. The maximum atomic E-state index is 12.0. The monoisotopic (exact) mass is 312 g/mol. The summed E-state index contributed by atoms with van der Waals surface area (Å²) in [6.45, 7) is 7.53. The van der Waals surface area contributed by atoms with Gasteiger partial charge in [0.15, 0.2) is 0 Å². The number of nitrogens with zero attached hydrogens (tertiary/aromatic N) is 1. The maximum Gasteiger partial charge on any atom is 0.306 e. The van der Waals surface area contributed by atoms with Gasteiger partial charge in [0.25, 0.3) is 0 Å². The van der Waals surface area contributed by atoms with Crippen LogP contribution in [-0.4, -0.2) is 48.4 Å². The molecule has 0 unspecified atom stereocenters. The molecule has 2 amide bonds. The first-order valence-electron chi connectivity index (χ1n) is 8.15. The molecule has 126 valence electrons. The molecule has 1 aliphatic heterocycles. The second-order valence-electron chi connectivity index (χ2n) is 6.13. The topological polar surface area (TPSA) is 75.7 Å². The van der Waals surface area contributed by atoms with Gasteiger partial charge >= 0.3 is 5.97 Å². The van der Waals surface area contributed by atoms with Crippen LogP contribution in [0, 0.1) is 5.92 Å². The molecule has 1 rings (SSSR count). The van der Waals surface area contributed by atoms with Crippen LogP contribution in [0.3, 0.4) is 0 Å². The third-order valence-corrected chi connectivity index (χ3v) is 3.66. The predicted octanol–water partition coefficient (Wildman–Crippen LogP) is 1.48. The van der Waals surface area contributed by atoms with Crippen molar-refractivity contribution in [3.8, 4) is 0 Å². The minimum atomic E-state index is -0.341. The molecule has 0 aromatic rings. The highest BCUT2D eigenvalue weighted by atomic mass is 16.5. The molecule has 0 atom stereocenters. The van der Waals surface area contributed by atoms with Gasteiger partial charge < -0.3 is 15.0 Å². The Bertz CT molecular complexity index is 388. The van der Waals surface area contributed by atoms with Crippen molar-refractivity contribution in [2.45, 2.75) is 58.9 Å². The summed E-state index contributed by atoms with van der Waals surface area (Å²) in [7, 11) is 0. The van der Waals surface area contributed by atoms with E-state index in [0.29, 0.717) is 32.0 Å². The molecule has 0 saturated carbocycles. The number of ether oxygens (including phenoxy) is 1. The van der Waals surface area contributed by atoms with Gasteiger partial charge in [-0.2, -0.15) is 0 Å². The van der Waals surface area contributed by atoms with Crippen LogP contribution in [0.4, 0.5) is 0 Å². The van der Waals surface area contributed by atoms with Crippen molar-refractivity contribution < 1.29 is 19.1 Å². The summed E-state index contributed by atoms with van der Waals surface area (Å²) in [6, 6.07) is 0.0952. The summed E-state index contributed by atoms with van der Waals surface area (Å²) in [5.41, 5.74) is 0. The van der Waals surface area contributed by atoms with Crippen molar-refractivity contribution in [2.24, 2.45) is 5.92 Å². The largest absolute Gasteiger partial charge is 0.466 e. The van der Waals surface area contributed by atoms with Gasteiger partial charge in [-0.3, -0.25) is 14.4 Å². The molecule has 1 heterocycles. The lowest BCUT2D eigenvalue weighted by atomic mass is 10.0. The Hall–Kier alpha value is -1.59. The molecule has 6 heteroatoms. The highest BCUT2D eigenvalue weighted by molar-refractivity contribution is 5.81. The van der Waals surface area contributed by atoms with E-state index in [0.717, 1.165) is 12.8 Å². The van der Waals surface area contributed by atoms with Crippen LogP contribution < -0.4 is 5.32 Å². The molecule has 1 saturated heterocycles. The quantitative estimate of drug-likeness (QED) is 0.723. The fourth-order valence-electron chi connectivity index (χ4n) is 2.50. The Kier molecular flexibility index (Phi) is 7.91. The molecule has 0 aromatic heterocycles. The molecule has 0 spiro atoms. The van der Waals surface area contributed by atoms with E-state index in [9.17, 15) is 14.4 Å². The summed E-state index contributed by atoms with van der Waals surface area (Å²) in [5, 5.41) is 2.93. The molecule has 0 aliphatic carbocycles. The Morgan fingerprint density at radius 2 is 1.82 bits per heavy atom. The molecule has 0 aromatic carbocycles. The first-order chi connectivity index (χ1) is 10.4. The first kappa shape index (κ1) is 18.5. The molecule has 0 radical (unpaired) electrons. The second-order valence-corrected chi connectivity index (χ2v) is 6.13. The van der Waals surface area contributed by atoms with Crippen LogP contribution in [0.5, 0.6) is 0 Å². The Balaban J connectivity index is 2.23. The second kappa shape index (κ2) is 9.43. The van der Waals surface area contributed by atoms with E-state index in [1.165, 1.54) is 0 Å². The third-order valence-electron chi connectivity index (χ3n) is 3.66. The van der Waals surface area contributed by atoms with Gasteiger partial charge in [-0.25, -0.2) is 0 Å². The molecular formula is C16H28N2O4. The van der Waals surface area contributed by atoms with E-state index in [2.05, 4.69) is 5.32 Å². The summed E-state index contributed by atoms with van der Waals surface area (Å²) in [6.07, 6.45) is 2.40. The van der Waals surface area contributed by atoms with Gasteiger partial charge in [-0.05, 0) is 25.7 Å². The number of piperidine rings is 1. The molecular weight excluding hydrogens is 284 g/mol. The third kappa shape index (κ3) is 6.91. The van der Waals surface area contributed by atoms with Crippen LogP contribution >= 0.6 is 0 Å². The van der Waals surface area contributed by atoms with Gasteiger partial charge in [0, 0.05) is 32.0 Å². The number of hydrogen-bond donors (Lipinski definition) is 1. The number of nitrogens with one attached hydrogen (secondary N) is 1. The van der Waals surface area contributed by atoms with E-state index in [1.54, 1.807) is 6.92 Å². The molecule has 0 bridgehead atoms. The Morgan fingerprint density at radius 1 is 1.18 bits per heavy atom. The summed E-state index contributed by atoms with van der Waals surface area (Å²) >= 11 is 0. The molecule has 1 N–H and O–H groups in total. The van der Waals surface area contributed by atoms with Crippen molar-refractivity contribution in [3.63, 3.8) is 0 Å². The highest BCUT2D eigenvalue weighted by Crippen LogP contribution is 2.13. The molecule has 1 fully saturated rings. The minimum Gasteiger partial charge on any atom is -0.466 e. The lowest BCUT2D eigenvalue weighted by Gasteiger charge is -2.32. The van der Waals surface area contributed by atoms with E-state index >= 15 is 0 Å². The van der Waals surface area contributed by atoms with Gasteiger partial charge in [0.1, 0.15) is 0 Å². The van der Waals surface area contributed by atoms with Crippen molar-refractivity contribution in [3.05, 3.63) is 0 Å². The summed E-state index contributed by atoms with van der Waals surface area (Å²) in [4.78, 5) is 36.8. The van der Waals surface area contributed by atoms with Crippen LogP contribution in [0.25, 0.3) is 0 Å². The van der Waals surface area contributed by atoms with E-state index in [4.69, 9.17) is 4.74 Å². The van der Waals surface area contributed by atoms with Crippen LogP contribution in [0.1, 0.15) is 52.9 Å². The standard InChI is InChI=1S/C16H28N2O4/c1-4-22-16(21)6-5-14(19)17-13-7-9-18(10-8-13)15(20)11-12(2)3/h12-13H,4-11H2,1-3H3,(H,17,19). The number of likely N-dealkylation sites (tertiary alicyclic amines) is 1. The van der Waals surface area contributed by atoms with Crippen LogP contribution in [0.2, 0.25) is 0 Å². The number of carbonyl (C=O) groups excluding carboxylic acids is 3. The summed E-state index contributed by atoms with van der Waals surface area (Å²) < 4.78 is 4.79. The van der Waals surface area contributed by atoms with Crippen molar-refractivity contribution >= 4 is 17.8 Å². The van der Waals surface area contributed by atoms with Gasteiger partial charge in [-0.15, -0.1) is 0 Å². The number of esters is 1. The molecule has 6 nitrogen and oxygen atoms in total. The van der Waals surface area contributed by atoms with Crippen molar-refractivity contribution in [1.82, 2.24) is 10.2 Å². The van der Waals surface area contributed by atoms with Crippen molar-refractivity contribution in [2.75, 3.05) is 19.7 Å². The minimum absolute atomic E-state index is 0.0952. The van der Waals surface area contributed by atoms with E-state index in [-0.39, 0.29) is 36.7 Å². The van der Waals surface area contributed by atoms with Crippen LogP contribution in [-0.2, 0) is 19.1 Å². The van der Waals surface area contributed by atoms with Gasteiger partial charge in [-0.1, -0.05) is 13.8 Å². The number of rotatable bonds is 7. The zero-order chi connectivity index (χ0) is 16.5. The lowest BCUT2D eigenvalue weighted by Crippen LogP contribution is -2.46. The zero-order valence-electron chi connectivity index (χ0n) is 13.9.